The number of ether oxygens (including phenoxy) is 1. The van der Waals surface area contributed by atoms with Crippen LogP contribution >= 0.6 is 0 Å². The van der Waals surface area contributed by atoms with Crippen LogP contribution in [-0.2, 0) is 0 Å². The summed E-state index contributed by atoms with van der Waals surface area (Å²) >= 11 is 0. The van der Waals surface area contributed by atoms with Crippen molar-refractivity contribution in [1.29, 1.82) is 0 Å². The predicted octanol–water partition coefficient (Wildman–Crippen LogP) is 2.39. The summed E-state index contributed by atoms with van der Waals surface area (Å²) in [6, 6.07) is 7.32. The second-order valence-corrected chi connectivity index (χ2v) is 7.36. The van der Waals surface area contributed by atoms with E-state index in [0.29, 0.717) is 30.3 Å². The highest BCUT2D eigenvalue weighted by atomic mass is 16.5. The lowest BCUT2D eigenvalue weighted by atomic mass is 9.99. The number of methoxy groups -OCH3 is 1. The average Bonchev–Trinajstić information content (AvgIpc) is 3.14. The Morgan fingerprint density at radius 2 is 1.96 bits per heavy atom. The number of β-amino-alcohol motifs (C(OH)–C–C–N with tert-alkyl or cyclic N) is 1. The number of benzene rings is 1. The maximum Gasteiger partial charge on any atom is 0.254 e. The summed E-state index contributed by atoms with van der Waals surface area (Å²) in [5, 5.41) is 10.3. The second kappa shape index (κ2) is 8.68. The van der Waals surface area contributed by atoms with Gasteiger partial charge in [0.25, 0.3) is 5.91 Å². The molecular weight excluding hydrogens is 316 g/mol. The summed E-state index contributed by atoms with van der Waals surface area (Å²) in [5.74, 6) is 1.48. The lowest BCUT2D eigenvalue weighted by Crippen LogP contribution is -2.50. The summed E-state index contributed by atoms with van der Waals surface area (Å²) < 4.78 is 5.20. The lowest BCUT2D eigenvalue weighted by Gasteiger charge is -2.36. The monoisotopic (exact) mass is 346 g/mol. The van der Waals surface area contributed by atoms with Crippen molar-refractivity contribution in [2.24, 2.45) is 5.92 Å². The molecule has 0 aromatic heterocycles. The number of aliphatic hydroxyl groups is 1. The van der Waals surface area contributed by atoms with Gasteiger partial charge in [0.2, 0.25) is 0 Å². The van der Waals surface area contributed by atoms with Crippen LogP contribution in [0.1, 0.15) is 42.5 Å². The molecule has 1 amide bonds. The van der Waals surface area contributed by atoms with Crippen LogP contribution in [0.4, 0.5) is 0 Å². The summed E-state index contributed by atoms with van der Waals surface area (Å²) in [5.41, 5.74) is 0.675. The van der Waals surface area contributed by atoms with Crippen LogP contribution in [0.3, 0.4) is 0 Å². The van der Waals surface area contributed by atoms with E-state index in [9.17, 15) is 9.90 Å². The Kier molecular flexibility index (Phi) is 6.32. The molecule has 5 nitrogen and oxygen atoms in total. The summed E-state index contributed by atoms with van der Waals surface area (Å²) in [6.07, 6.45) is 5.90. The molecule has 3 rings (SSSR count). The fourth-order valence-electron chi connectivity index (χ4n) is 4.08. The number of rotatable bonds is 6. The summed E-state index contributed by atoms with van der Waals surface area (Å²) in [4.78, 5) is 16.8. The molecule has 1 aromatic carbocycles. The van der Waals surface area contributed by atoms with Gasteiger partial charge in [0.15, 0.2) is 0 Å². The molecule has 2 fully saturated rings. The Labute approximate surface area is 150 Å². The molecule has 1 aliphatic carbocycles. The molecule has 5 heteroatoms. The van der Waals surface area contributed by atoms with Crippen LogP contribution in [0.2, 0.25) is 0 Å². The van der Waals surface area contributed by atoms with Gasteiger partial charge in [-0.1, -0.05) is 31.7 Å². The first-order chi connectivity index (χ1) is 12.2. The first kappa shape index (κ1) is 18.2. The predicted molar refractivity (Wildman–Crippen MR) is 97.9 cm³/mol. The fourth-order valence-corrected chi connectivity index (χ4v) is 4.08. The van der Waals surface area contributed by atoms with E-state index in [-0.39, 0.29) is 12.0 Å². The van der Waals surface area contributed by atoms with Gasteiger partial charge in [0.1, 0.15) is 5.75 Å². The maximum absolute atomic E-state index is 12.6. The van der Waals surface area contributed by atoms with Gasteiger partial charge in [-0.15, -0.1) is 0 Å². The van der Waals surface area contributed by atoms with E-state index >= 15 is 0 Å². The number of hydrogen-bond donors (Lipinski definition) is 1. The van der Waals surface area contributed by atoms with Crippen molar-refractivity contribution in [3.05, 3.63) is 29.8 Å². The zero-order valence-electron chi connectivity index (χ0n) is 15.2. The number of amides is 1. The highest BCUT2D eigenvalue weighted by Crippen LogP contribution is 2.28. The molecule has 0 spiro atoms. The zero-order valence-corrected chi connectivity index (χ0v) is 15.2. The number of carbonyl (C=O) groups excluding carboxylic acids is 1. The molecule has 1 aromatic rings. The van der Waals surface area contributed by atoms with Crippen LogP contribution in [0.5, 0.6) is 5.75 Å². The van der Waals surface area contributed by atoms with Gasteiger partial charge in [-0.3, -0.25) is 9.69 Å². The van der Waals surface area contributed by atoms with Gasteiger partial charge in [0, 0.05) is 38.3 Å². The van der Waals surface area contributed by atoms with E-state index in [1.54, 1.807) is 13.2 Å². The van der Waals surface area contributed by atoms with Crippen LogP contribution in [0.25, 0.3) is 0 Å². The molecule has 1 saturated carbocycles. The number of aliphatic hydroxyl groups excluding tert-OH is 1. The van der Waals surface area contributed by atoms with Crippen LogP contribution in [0, 0.1) is 5.92 Å². The molecule has 2 aliphatic rings. The minimum Gasteiger partial charge on any atom is -0.497 e. The number of nitrogens with zero attached hydrogens (tertiary/aromatic N) is 2. The molecule has 1 saturated heterocycles. The van der Waals surface area contributed by atoms with Gasteiger partial charge < -0.3 is 14.7 Å². The van der Waals surface area contributed by atoms with Crippen molar-refractivity contribution in [2.75, 3.05) is 39.8 Å². The van der Waals surface area contributed by atoms with E-state index in [0.717, 1.165) is 26.1 Å². The Morgan fingerprint density at radius 1 is 1.24 bits per heavy atom. The van der Waals surface area contributed by atoms with Crippen LogP contribution in [0.15, 0.2) is 24.3 Å². The van der Waals surface area contributed by atoms with Crippen LogP contribution < -0.4 is 4.74 Å². The third-order valence-electron chi connectivity index (χ3n) is 5.53. The minimum absolute atomic E-state index is 0.0602. The van der Waals surface area contributed by atoms with Crippen molar-refractivity contribution in [3.63, 3.8) is 0 Å². The van der Waals surface area contributed by atoms with Gasteiger partial charge in [0.05, 0.1) is 13.2 Å². The number of hydrogen-bond acceptors (Lipinski definition) is 4. The Bertz CT molecular complexity index is 564. The Hall–Kier alpha value is -1.59. The van der Waals surface area contributed by atoms with Crippen molar-refractivity contribution in [3.8, 4) is 5.75 Å². The van der Waals surface area contributed by atoms with Gasteiger partial charge in [-0.05, 0) is 30.5 Å². The molecule has 1 atom stereocenters. The van der Waals surface area contributed by atoms with Crippen LogP contribution in [-0.4, -0.2) is 66.8 Å². The van der Waals surface area contributed by atoms with E-state index in [1.807, 2.05) is 23.1 Å². The largest absolute Gasteiger partial charge is 0.497 e. The van der Waals surface area contributed by atoms with Crippen molar-refractivity contribution >= 4 is 5.91 Å². The molecule has 138 valence electrons. The second-order valence-electron chi connectivity index (χ2n) is 7.36. The third kappa shape index (κ3) is 4.95. The maximum atomic E-state index is 12.6. The third-order valence-corrected chi connectivity index (χ3v) is 5.53. The molecule has 1 aliphatic heterocycles. The fraction of sp³-hybridized carbons (Fsp3) is 0.650. The Balaban J connectivity index is 1.45. The highest BCUT2D eigenvalue weighted by molar-refractivity contribution is 5.94. The topological polar surface area (TPSA) is 53.0 Å². The van der Waals surface area contributed by atoms with Crippen molar-refractivity contribution in [2.45, 2.75) is 38.2 Å². The van der Waals surface area contributed by atoms with Gasteiger partial charge in [-0.2, -0.15) is 0 Å². The first-order valence-electron chi connectivity index (χ1n) is 9.49. The summed E-state index contributed by atoms with van der Waals surface area (Å²) in [7, 11) is 1.61. The van der Waals surface area contributed by atoms with E-state index in [2.05, 4.69) is 4.90 Å². The highest BCUT2D eigenvalue weighted by Gasteiger charge is 2.25. The normalized spacial score (nSPS) is 20.6. The van der Waals surface area contributed by atoms with Crippen molar-refractivity contribution < 1.29 is 14.6 Å². The number of carbonyl (C=O) groups is 1. The standard InChI is InChI=1S/C20H30N2O3/c1-25-19-8-4-7-17(14-19)20(24)22-11-9-21(10-12-22)15-18(23)13-16-5-2-3-6-16/h4,7-8,14,16,18,23H,2-3,5-6,9-13,15H2,1H3. The van der Waals surface area contributed by atoms with E-state index in [4.69, 9.17) is 4.74 Å². The first-order valence-corrected chi connectivity index (χ1v) is 9.49. The molecule has 1 N–H and O–H groups in total. The van der Waals surface area contributed by atoms with E-state index < -0.39 is 0 Å². The zero-order chi connectivity index (χ0) is 17.6. The molecule has 25 heavy (non-hydrogen) atoms. The Morgan fingerprint density at radius 3 is 2.64 bits per heavy atom. The molecule has 1 heterocycles. The lowest BCUT2D eigenvalue weighted by molar-refractivity contribution is 0.0482. The molecular formula is C20H30N2O3. The van der Waals surface area contributed by atoms with Crippen molar-refractivity contribution in [1.82, 2.24) is 9.80 Å². The molecule has 0 bridgehead atoms. The smallest absolute Gasteiger partial charge is 0.254 e. The summed E-state index contributed by atoms with van der Waals surface area (Å²) in [6.45, 7) is 3.82. The van der Waals surface area contributed by atoms with Gasteiger partial charge in [-0.25, -0.2) is 0 Å². The molecule has 0 radical (unpaired) electrons. The van der Waals surface area contributed by atoms with Gasteiger partial charge >= 0.3 is 0 Å². The SMILES string of the molecule is COc1cccc(C(=O)N2CCN(CC(O)CC3CCCC3)CC2)c1. The quantitative estimate of drug-likeness (QED) is 0.859. The number of piperazine rings is 1. The molecule has 1 unspecified atom stereocenters. The minimum atomic E-state index is -0.233. The average molecular weight is 346 g/mol. The van der Waals surface area contributed by atoms with E-state index in [1.165, 1.54) is 25.7 Å².